The van der Waals surface area contributed by atoms with Gasteiger partial charge in [0, 0.05) is 39.3 Å². The fraction of sp³-hybridized carbons (Fsp3) is 0.938. The number of amides is 1. The molecule has 1 aliphatic rings. The fourth-order valence-electron chi connectivity index (χ4n) is 2.94. The fourth-order valence-corrected chi connectivity index (χ4v) is 2.94. The molecule has 1 atom stereocenters. The average Bonchev–Trinajstić information content (AvgIpc) is 2.70. The topological polar surface area (TPSA) is 58.8 Å². The summed E-state index contributed by atoms with van der Waals surface area (Å²) < 4.78 is 5.37. The van der Waals surface area contributed by atoms with E-state index in [0.29, 0.717) is 12.5 Å². The summed E-state index contributed by atoms with van der Waals surface area (Å²) in [6.45, 7) is 10.6. The van der Waals surface area contributed by atoms with Gasteiger partial charge >= 0.3 is 0 Å². The summed E-state index contributed by atoms with van der Waals surface area (Å²) in [6, 6.07) is 0.556. The van der Waals surface area contributed by atoms with Gasteiger partial charge in [-0.1, -0.05) is 6.92 Å². The largest absolute Gasteiger partial charge is 0.378 e. The van der Waals surface area contributed by atoms with Crippen molar-refractivity contribution in [3.05, 3.63) is 0 Å². The number of hydrogen-bond donors (Lipinski definition) is 1. The molecule has 1 heterocycles. The van der Waals surface area contributed by atoms with Crippen LogP contribution in [0.15, 0.2) is 0 Å². The van der Waals surface area contributed by atoms with Crippen LogP contribution in [0.1, 0.15) is 46.5 Å². The highest BCUT2D eigenvalue weighted by Gasteiger charge is 2.27. The van der Waals surface area contributed by atoms with E-state index in [1.54, 1.807) is 7.11 Å². The predicted octanol–water partition coefficient (Wildman–Crippen LogP) is 1.46. The highest BCUT2D eigenvalue weighted by molar-refractivity contribution is 5.77. The maximum Gasteiger partial charge on any atom is 0.225 e. The Hall–Kier alpha value is -0.650. The minimum absolute atomic E-state index is 0.204. The molecule has 0 aliphatic carbocycles. The number of ether oxygens (including phenoxy) is 1. The maximum absolute atomic E-state index is 12.4. The van der Waals surface area contributed by atoms with Crippen LogP contribution in [0.25, 0.3) is 0 Å². The zero-order chi connectivity index (χ0) is 15.9. The van der Waals surface area contributed by atoms with Gasteiger partial charge in [-0.25, -0.2) is 0 Å². The van der Waals surface area contributed by atoms with Crippen LogP contribution in [-0.4, -0.2) is 67.2 Å². The van der Waals surface area contributed by atoms with Gasteiger partial charge in [0.1, 0.15) is 0 Å². The number of rotatable bonds is 7. The van der Waals surface area contributed by atoms with Gasteiger partial charge in [-0.3, -0.25) is 9.69 Å². The Bertz CT molecular complexity index is 321. The van der Waals surface area contributed by atoms with Crippen molar-refractivity contribution in [3.8, 4) is 0 Å². The van der Waals surface area contributed by atoms with Crippen molar-refractivity contribution in [3.63, 3.8) is 0 Å². The van der Waals surface area contributed by atoms with Crippen molar-refractivity contribution in [2.75, 3.05) is 39.8 Å². The molecule has 0 aromatic rings. The first-order valence-electron chi connectivity index (χ1n) is 8.20. The molecule has 1 unspecified atom stereocenters. The van der Waals surface area contributed by atoms with E-state index in [2.05, 4.69) is 11.8 Å². The zero-order valence-electron chi connectivity index (χ0n) is 14.2. The molecule has 0 saturated carbocycles. The van der Waals surface area contributed by atoms with Crippen molar-refractivity contribution in [2.45, 2.75) is 58.1 Å². The van der Waals surface area contributed by atoms with Gasteiger partial charge in [0.25, 0.3) is 0 Å². The van der Waals surface area contributed by atoms with Gasteiger partial charge in [0.15, 0.2) is 0 Å². The van der Waals surface area contributed by atoms with Crippen LogP contribution in [0, 0.1) is 0 Å². The number of carbonyl (C=O) groups is 1. The lowest BCUT2D eigenvalue weighted by molar-refractivity contribution is -0.136. The molecular weight excluding hydrogens is 266 g/mol. The van der Waals surface area contributed by atoms with E-state index in [1.165, 1.54) is 0 Å². The summed E-state index contributed by atoms with van der Waals surface area (Å²) in [5.41, 5.74) is 5.33. The summed E-state index contributed by atoms with van der Waals surface area (Å²) in [5, 5.41) is 0. The molecule has 1 fully saturated rings. The second-order valence-electron chi connectivity index (χ2n) is 6.55. The van der Waals surface area contributed by atoms with Crippen LogP contribution < -0.4 is 5.73 Å². The number of nitrogens with zero attached hydrogens (tertiary/aromatic N) is 2. The molecule has 0 spiro atoms. The highest BCUT2D eigenvalue weighted by atomic mass is 16.5. The zero-order valence-corrected chi connectivity index (χ0v) is 14.2. The number of carbonyl (C=O) groups excluding carboxylic acids is 1. The Morgan fingerprint density at radius 1 is 1.29 bits per heavy atom. The molecule has 0 bridgehead atoms. The molecule has 2 N–H and O–H groups in total. The summed E-state index contributed by atoms with van der Waals surface area (Å²) in [4.78, 5) is 16.9. The number of methoxy groups -OCH3 is 1. The van der Waals surface area contributed by atoms with Crippen molar-refractivity contribution in [1.82, 2.24) is 9.80 Å². The van der Waals surface area contributed by atoms with Crippen molar-refractivity contribution >= 4 is 5.91 Å². The summed E-state index contributed by atoms with van der Waals surface area (Å²) in [5.74, 6) is 0.204. The second kappa shape index (κ2) is 8.71. The lowest BCUT2D eigenvalue weighted by Crippen LogP contribution is -2.41. The second-order valence-corrected chi connectivity index (χ2v) is 6.55. The van der Waals surface area contributed by atoms with Crippen molar-refractivity contribution < 1.29 is 9.53 Å². The first kappa shape index (κ1) is 18.4. The van der Waals surface area contributed by atoms with Gasteiger partial charge < -0.3 is 15.4 Å². The standard InChI is InChI=1S/C16H33N3O2/c1-5-14(7-8-17)18-9-6-10-19(12-11-18)15(20)13-16(2,3)21-4/h14H,5-13,17H2,1-4H3. The van der Waals surface area contributed by atoms with Gasteiger partial charge in [-0.05, 0) is 39.7 Å². The molecular formula is C16H33N3O2. The van der Waals surface area contributed by atoms with Crippen LogP contribution in [0.2, 0.25) is 0 Å². The van der Waals surface area contributed by atoms with Gasteiger partial charge in [-0.15, -0.1) is 0 Å². The van der Waals surface area contributed by atoms with E-state index in [-0.39, 0.29) is 11.5 Å². The van der Waals surface area contributed by atoms with E-state index >= 15 is 0 Å². The van der Waals surface area contributed by atoms with Crippen LogP contribution in [0.5, 0.6) is 0 Å². The number of hydrogen-bond acceptors (Lipinski definition) is 4. The quantitative estimate of drug-likeness (QED) is 0.773. The molecule has 124 valence electrons. The third kappa shape index (κ3) is 5.93. The smallest absolute Gasteiger partial charge is 0.225 e. The Balaban J connectivity index is 2.53. The average molecular weight is 299 g/mol. The third-order valence-electron chi connectivity index (χ3n) is 4.50. The maximum atomic E-state index is 12.4. The van der Waals surface area contributed by atoms with Crippen molar-refractivity contribution in [2.24, 2.45) is 5.73 Å². The molecule has 5 heteroatoms. The Labute approximate surface area is 129 Å². The molecule has 0 radical (unpaired) electrons. The SMILES string of the molecule is CCC(CCN)N1CCCN(C(=O)CC(C)(C)OC)CC1. The molecule has 1 aliphatic heterocycles. The Kier molecular flexibility index (Phi) is 7.63. The van der Waals surface area contributed by atoms with Gasteiger partial charge in [0.2, 0.25) is 5.91 Å². The van der Waals surface area contributed by atoms with E-state index in [9.17, 15) is 4.79 Å². The molecule has 0 aromatic heterocycles. The van der Waals surface area contributed by atoms with Crippen molar-refractivity contribution in [1.29, 1.82) is 0 Å². The predicted molar refractivity (Wildman–Crippen MR) is 86.2 cm³/mol. The first-order valence-corrected chi connectivity index (χ1v) is 8.20. The van der Waals surface area contributed by atoms with Crippen LogP contribution in [0.4, 0.5) is 0 Å². The van der Waals surface area contributed by atoms with E-state index in [4.69, 9.17) is 10.5 Å². The minimum Gasteiger partial charge on any atom is -0.378 e. The van der Waals surface area contributed by atoms with Gasteiger partial charge in [-0.2, -0.15) is 0 Å². The molecule has 0 aromatic carbocycles. The summed E-state index contributed by atoms with van der Waals surface area (Å²) in [6.07, 6.45) is 3.66. The van der Waals surface area contributed by atoms with E-state index in [0.717, 1.165) is 52.0 Å². The van der Waals surface area contributed by atoms with Crippen LogP contribution in [0.3, 0.4) is 0 Å². The molecule has 1 amide bonds. The lowest BCUT2D eigenvalue weighted by Gasteiger charge is -2.30. The summed E-state index contributed by atoms with van der Waals surface area (Å²) >= 11 is 0. The lowest BCUT2D eigenvalue weighted by atomic mass is 10.0. The molecule has 5 nitrogen and oxygen atoms in total. The molecule has 21 heavy (non-hydrogen) atoms. The van der Waals surface area contributed by atoms with E-state index < -0.39 is 0 Å². The normalized spacial score (nSPS) is 19.4. The monoisotopic (exact) mass is 299 g/mol. The van der Waals surface area contributed by atoms with Gasteiger partial charge in [0.05, 0.1) is 12.0 Å². The highest BCUT2D eigenvalue weighted by Crippen LogP contribution is 2.17. The number of nitrogens with two attached hydrogens (primary N) is 1. The Morgan fingerprint density at radius 2 is 2.00 bits per heavy atom. The Morgan fingerprint density at radius 3 is 2.57 bits per heavy atom. The third-order valence-corrected chi connectivity index (χ3v) is 4.50. The van der Waals surface area contributed by atoms with Crippen LogP contribution in [-0.2, 0) is 9.53 Å². The van der Waals surface area contributed by atoms with E-state index in [1.807, 2.05) is 18.7 Å². The summed E-state index contributed by atoms with van der Waals surface area (Å²) in [7, 11) is 1.66. The first-order chi connectivity index (χ1) is 9.93. The minimum atomic E-state index is -0.380. The van der Waals surface area contributed by atoms with Crippen LogP contribution >= 0.6 is 0 Å². The molecule has 1 saturated heterocycles. The molecule has 1 rings (SSSR count).